The first kappa shape index (κ1) is 12.9. The molecule has 0 saturated carbocycles. The lowest BCUT2D eigenvalue weighted by Gasteiger charge is -1.98. The van der Waals surface area contributed by atoms with E-state index in [-0.39, 0.29) is 5.97 Å². The van der Waals surface area contributed by atoms with Gasteiger partial charge in [0.05, 0.1) is 18.1 Å². The van der Waals surface area contributed by atoms with Crippen molar-refractivity contribution in [3.05, 3.63) is 29.0 Å². The highest BCUT2D eigenvalue weighted by molar-refractivity contribution is 7.20. The van der Waals surface area contributed by atoms with Gasteiger partial charge in [-0.25, -0.2) is 4.79 Å². The highest BCUT2D eigenvalue weighted by Crippen LogP contribution is 2.28. The van der Waals surface area contributed by atoms with Crippen molar-refractivity contribution in [3.63, 3.8) is 0 Å². The molecule has 104 valence electrons. The van der Waals surface area contributed by atoms with Crippen LogP contribution in [0, 0.1) is 6.92 Å². The number of aryl methyl sites for hydroxylation is 3. The van der Waals surface area contributed by atoms with Crippen molar-refractivity contribution in [2.24, 2.45) is 7.05 Å². The van der Waals surface area contributed by atoms with E-state index in [0.717, 1.165) is 22.5 Å². The quantitative estimate of drug-likeness (QED) is 0.695. The van der Waals surface area contributed by atoms with E-state index in [4.69, 9.17) is 4.74 Å². The second-order valence-corrected chi connectivity index (χ2v) is 5.49. The first-order valence-corrected chi connectivity index (χ1v) is 7.08. The van der Waals surface area contributed by atoms with Crippen LogP contribution in [0.15, 0.2) is 18.5 Å². The minimum absolute atomic E-state index is 0.360. The fourth-order valence-electron chi connectivity index (χ4n) is 2.03. The average molecular weight is 290 g/mol. The van der Waals surface area contributed by atoms with Gasteiger partial charge in [0.25, 0.3) is 0 Å². The first-order chi connectivity index (χ1) is 9.58. The summed E-state index contributed by atoms with van der Waals surface area (Å²) in [4.78, 5) is 13.7. The Labute approximate surface area is 119 Å². The molecule has 0 N–H and O–H groups in total. The molecule has 0 saturated heterocycles. The van der Waals surface area contributed by atoms with Crippen LogP contribution in [0.1, 0.15) is 22.3 Å². The molecule has 0 atom stereocenters. The van der Waals surface area contributed by atoms with Crippen LogP contribution in [0.2, 0.25) is 0 Å². The molecule has 0 bridgehead atoms. The van der Waals surface area contributed by atoms with E-state index < -0.39 is 0 Å². The van der Waals surface area contributed by atoms with Gasteiger partial charge in [0, 0.05) is 19.0 Å². The summed E-state index contributed by atoms with van der Waals surface area (Å²) in [6, 6.07) is 1.83. The van der Waals surface area contributed by atoms with E-state index in [1.54, 1.807) is 21.8 Å². The molecule has 7 heteroatoms. The Morgan fingerprint density at radius 2 is 2.30 bits per heavy atom. The van der Waals surface area contributed by atoms with Crippen molar-refractivity contribution >= 4 is 27.5 Å². The Hall–Kier alpha value is -2.15. The maximum absolute atomic E-state index is 12.1. The van der Waals surface area contributed by atoms with E-state index in [1.165, 1.54) is 11.3 Å². The molecule has 0 aliphatic rings. The number of fused-ring (bicyclic) bond motifs is 1. The van der Waals surface area contributed by atoms with Gasteiger partial charge in [-0.3, -0.25) is 9.36 Å². The third-order valence-corrected chi connectivity index (χ3v) is 4.22. The lowest BCUT2D eigenvalue weighted by molar-refractivity contribution is 0.0740. The van der Waals surface area contributed by atoms with Crippen LogP contribution in [0.25, 0.3) is 10.2 Å². The van der Waals surface area contributed by atoms with Gasteiger partial charge >= 0.3 is 5.97 Å². The Bertz CT molecular complexity index is 749. The van der Waals surface area contributed by atoms with Crippen molar-refractivity contribution in [3.8, 4) is 5.75 Å². The van der Waals surface area contributed by atoms with Gasteiger partial charge in [-0.1, -0.05) is 0 Å². The fourth-order valence-corrected chi connectivity index (χ4v) is 3.03. The molecule has 0 radical (unpaired) electrons. The zero-order chi connectivity index (χ0) is 14.3. The van der Waals surface area contributed by atoms with Crippen molar-refractivity contribution in [2.75, 3.05) is 0 Å². The number of aromatic nitrogens is 4. The molecule has 0 fully saturated rings. The van der Waals surface area contributed by atoms with E-state index in [2.05, 4.69) is 10.2 Å². The molecule has 6 nitrogen and oxygen atoms in total. The second-order valence-electron chi connectivity index (χ2n) is 4.46. The highest BCUT2D eigenvalue weighted by Gasteiger charge is 2.17. The van der Waals surface area contributed by atoms with Crippen molar-refractivity contribution in [1.82, 2.24) is 19.6 Å². The van der Waals surface area contributed by atoms with Crippen LogP contribution >= 0.6 is 11.3 Å². The number of hydrogen-bond donors (Lipinski definition) is 0. The molecule has 3 heterocycles. The zero-order valence-electron chi connectivity index (χ0n) is 11.5. The van der Waals surface area contributed by atoms with Crippen LogP contribution in [0.3, 0.4) is 0 Å². The molecular weight excluding hydrogens is 276 g/mol. The molecule has 0 unspecified atom stereocenters. The molecule has 3 aromatic heterocycles. The van der Waals surface area contributed by atoms with Crippen molar-refractivity contribution < 1.29 is 9.53 Å². The number of carbonyl (C=O) groups excluding carboxylic acids is 1. The Balaban J connectivity index is 1.86. The average Bonchev–Trinajstić information content (AvgIpc) is 3.08. The number of esters is 1. The predicted molar refractivity (Wildman–Crippen MR) is 76.2 cm³/mol. The number of thiophene rings is 1. The lowest BCUT2D eigenvalue weighted by Crippen LogP contribution is -2.05. The number of rotatable bonds is 3. The Kier molecular flexibility index (Phi) is 3.06. The molecule has 0 aliphatic heterocycles. The van der Waals surface area contributed by atoms with Gasteiger partial charge < -0.3 is 4.74 Å². The first-order valence-electron chi connectivity index (χ1n) is 6.26. The molecule has 3 aromatic rings. The van der Waals surface area contributed by atoms with Gasteiger partial charge in [0.15, 0.2) is 5.75 Å². The summed E-state index contributed by atoms with van der Waals surface area (Å²) in [7, 11) is 1.87. The Morgan fingerprint density at radius 3 is 2.95 bits per heavy atom. The molecule has 0 spiro atoms. The van der Waals surface area contributed by atoms with Crippen molar-refractivity contribution in [2.45, 2.75) is 20.4 Å². The zero-order valence-corrected chi connectivity index (χ0v) is 12.3. The predicted octanol–water partition coefficient (Wildman–Crippen LogP) is 2.38. The fraction of sp³-hybridized carbons (Fsp3) is 0.308. The number of ether oxygens (including phenoxy) is 1. The van der Waals surface area contributed by atoms with Gasteiger partial charge in [0.2, 0.25) is 0 Å². The SMILES string of the molecule is CCn1cc(OC(=O)c2cc3c(C)nn(C)c3s2)cn1. The summed E-state index contributed by atoms with van der Waals surface area (Å²) < 4.78 is 8.81. The van der Waals surface area contributed by atoms with E-state index in [0.29, 0.717) is 10.6 Å². The van der Waals surface area contributed by atoms with E-state index in [9.17, 15) is 4.79 Å². The van der Waals surface area contributed by atoms with E-state index in [1.807, 2.05) is 27.0 Å². The summed E-state index contributed by atoms with van der Waals surface area (Å²) in [5.41, 5.74) is 0.914. The van der Waals surface area contributed by atoms with Gasteiger partial charge in [-0.2, -0.15) is 10.2 Å². The third-order valence-electron chi connectivity index (χ3n) is 3.04. The van der Waals surface area contributed by atoms with Crippen LogP contribution in [0.5, 0.6) is 5.75 Å². The molecule has 0 aliphatic carbocycles. The number of carbonyl (C=O) groups is 1. The summed E-state index contributed by atoms with van der Waals surface area (Å²) >= 11 is 1.38. The minimum atomic E-state index is -0.360. The maximum Gasteiger partial charge on any atom is 0.353 e. The normalized spacial score (nSPS) is 11.2. The molecule has 0 aromatic carbocycles. The molecule has 3 rings (SSSR count). The largest absolute Gasteiger partial charge is 0.419 e. The van der Waals surface area contributed by atoms with Crippen LogP contribution < -0.4 is 4.74 Å². The van der Waals surface area contributed by atoms with Crippen LogP contribution in [0.4, 0.5) is 0 Å². The van der Waals surface area contributed by atoms with E-state index >= 15 is 0 Å². The monoisotopic (exact) mass is 290 g/mol. The molecule has 20 heavy (non-hydrogen) atoms. The standard InChI is InChI=1S/C13H14N4O2S/c1-4-17-7-9(6-14-17)19-13(18)11-5-10-8(2)15-16(3)12(10)20-11/h5-7H,4H2,1-3H3. The van der Waals surface area contributed by atoms with Gasteiger partial charge in [-0.05, 0) is 19.9 Å². The third kappa shape index (κ3) is 2.09. The summed E-state index contributed by atoms with van der Waals surface area (Å²) in [6.07, 6.45) is 3.25. The van der Waals surface area contributed by atoms with Crippen LogP contribution in [-0.2, 0) is 13.6 Å². The summed E-state index contributed by atoms with van der Waals surface area (Å²) in [6.45, 7) is 4.64. The van der Waals surface area contributed by atoms with Crippen LogP contribution in [-0.4, -0.2) is 25.5 Å². The van der Waals surface area contributed by atoms with Gasteiger partial charge in [-0.15, -0.1) is 11.3 Å². The second kappa shape index (κ2) is 4.75. The molecular formula is C13H14N4O2S. The van der Waals surface area contributed by atoms with Crippen molar-refractivity contribution in [1.29, 1.82) is 0 Å². The number of nitrogens with zero attached hydrogens (tertiary/aromatic N) is 4. The summed E-state index contributed by atoms with van der Waals surface area (Å²) in [5, 5.41) is 9.38. The number of hydrogen-bond acceptors (Lipinski definition) is 5. The minimum Gasteiger partial charge on any atom is -0.419 e. The smallest absolute Gasteiger partial charge is 0.353 e. The highest BCUT2D eigenvalue weighted by atomic mass is 32.1. The topological polar surface area (TPSA) is 61.9 Å². The Morgan fingerprint density at radius 1 is 1.50 bits per heavy atom. The summed E-state index contributed by atoms with van der Waals surface area (Å²) in [5.74, 6) is 0.102. The van der Waals surface area contributed by atoms with Gasteiger partial charge in [0.1, 0.15) is 9.71 Å². The maximum atomic E-state index is 12.1. The lowest BCUT2D eigenvalue weighted by atomic mass is 10.3. The molecule has 0 amide bonds.